The van der Waals surface area contributed by atoms with Gasteiger partial charge in [-0.1, -0.05) is 32.6 Å². The minimum atomic E-state index is -0.170. The summed E-state index contributed by atoms with van der Waals surface area (Å²) in [5, 5.41) is 3.16. The molecule has 1 saturated heterocycles. The Balaban J connectivity index is 0.000000315. The van der Waals surface area contributed by atoms with Crippen LogP contribution in [0.3, 0.4) is 0 Å². The van der Waals surface area contributed by atoms with Gasteiger partial charge in [-0.25, -0.2) is 0 Å². The molecule has 3 N–H and O–H groups in total. The smallest absolute Gasteiger partial charge is 0.217 e. The molecule has 1 fully saturated rings. The van der Waals surface area contributed by atoms with E-state index >= 15 is 0 Å². The van der Waals surface area contributed by atoms with Gasteiger partial charge in [0.25, 0.3) is 0 Å². The molecule has 4 nitrogen and oxygen atoms in total. The highest BCUT2D eigenvalue weighted by atomic mass is 16.5. The van der Waals surface area contributed by atoms with Crippen LogP contribution in [0.4, 0.5) is 0 Å². The third-order valence-electron chi connectivity index (χ3n) is 2.37. The predicted octanol–water partition coefficient (Wildman–Crippen LogP) is 1.44. The number of nitrogens with two attached hydrogens (primary N) is 1. The van der Waals surface area contributed by atoms with E-state index in [2.05, 4.69) is 12.2 Å². The van der Waals surface area contributed by atoms with Crippen LogP contribution in [0.2, 0.25) is 0 Å². The SMILES string of the molecule is C1COCCN1.CCCCCCCC(N)=O. The average molecular weight is 230 g/mol. The van der Waals surface area contributed by atoms with E-state index in [4.69, 9.17) is 10.5 Å². The zero-order valence-corrected chi connectivity index (χ0v) is 10.5. The van der Waals surface area contributed by atoms with Gasteiger partial charge in [0.1, 0.15) is 0 Å². The molecule has 16 heavy (non-hydrogen) atoms. The third kappa shape index (κ3) is 13.4. The van der Waals surface area contributed by atoms with Crippen molar-refractivity contribution in [2.75, 3.05) is 26.3 Å². The van der Waals surface area contributed by atoms with Gasteiger partial charge in [0.15, 0.2) is 0 Å². The Morgan fingerprint density at radius 3 is 2.19 bits per heavy atom. The molecular formula is C12H26N2O2. The molecule has 0 aromatic rings. The summed E-state index contributed by atoms with van der Waals surface area (Å²) in [5.41, 5.74) is 4.97. The van der Waals surface area contributed by atoms with Gasteiger partial charge in [0, 0.05) is 19.5 Å². The Morgan fingerprint density at radius 2 is 1.81 bits per heavy atom. The van der Waals surface area contributed by atoms with Gasteiger partial charge in [-0.05, 0) is 6.42 Å². The quantitative estimate of drug-likeness (QED) is 0.679. The average Bonchev–Trinajstić information content (AvgIpc) is 2.31. The summed E-state index contributed by atoms with van der Waals surface area (Å²) in [6.45, 7) is 6.01. The Morgan fingerprint density at radius 1 is 1.19 bits per heavy atom. The van der Waals surface area contributed by atoms with Gasteiger partial charge in [-0.2, -0.15) is 0 Å². The van der Waals surface area contributed by atoms with Crippen molar-refractivity contribution in [2.45, 2.75) is 45.4 Å². The molecule has 0 aromatic carbocycles. The summed E-state index contributed by atoms with van der Waals surface area (Å²) in [6.07, 6.45) is 6.44. The van der Waals surface area contributed by atoms with Crippen LogP contribution in [-0.2, 0) is 9.53 Å². The Labute approximate surface area is 98.9 Å². The zero-order valence-electron chi connectivity index (χ0n) is 10.5. The molecule has 1 aliphatic rings. The van der Waals surface area contributed by atoms with Crippen LogP contribution in [0.5, 0.6) is 0 Å². The second-order valence-electron chi connectivity index (χ2n) is 3.99. The monoisotopic (exact) mass is 230 g/mol. The van der Waals surface area contributed by atoms with Crippen molar-refractivity contribution in [2.24, 2.45) is 5.73 Å². The fourth-order valence-electron chi connectivity index (χ4n) is 1.42. The van der Waals surface area contributed by atoms with Crippen LogP contribution in [0.1, 0.15) is 45.4 Å². The molecule has 96 valence electrons. The topological polar surface area (TPSA) is 64.3 Å². The number of ether oxygens (including phenoxy) is 1. The first-order chi connectivity index (χ1) is 7.77. The highest BCUT2D eigenvalue weighted by Crippen LogP contribution is 2.03. The molecule has 1 heterocycles. The largest absolute Gasteiger partial charge is 0.379 e. The van der Waals surface area contributed by atoms with E-state index in [1.807, 2.05) is 0 Å². The molecule has 0 radical (unpaired) electrons. The van der Waals surface area contributed by atoms with Gasteiger partial charge in [-0.3, -0.25) is 4.79 Å². The Hall–Kier alpha value is -0.610. The van der Waals surface area contributed by atoms with Gasteiger partial charge in [0.05, 0.1) is 13.2 Å². The number of carbonyl (C=O) groups is 1. The molecule has 0 unspecified atom stereocenters. The minimum absolute atomic E-state index is 0.170. The first kappa shape index (κ1) is 15.4. The van der Waals surface area contributed by atoms with Gasteiger partial charge < -0.3 is 15.8 Å². The van der Waals surface area contributed by atoms with Crippen LogP contribution < -0.4 is 11.1 Å². The lowest BCUT2D eigenvalue weighted by molar-refractivity contribution is -0.118. The number of morpholine rings is 1. The fourth-order valence-corrected chi connectivity index (χ4v) is 1.42. The predicted molar refractivity (Wildman–Crippen MR) is 66.3 cm³/mol. The van der Waals surface area contributed by atoms with Crippen LogP contribution in [-0.4, -0.2) is 32.2 Å². The first-order valence-corrected chi connectivity index (χ1v) is 6.34. The number of nitrogens with one attached hydrogen (secondary N) is 1. The van der Waals surface area contributed by atoms with Crippen molar-refractivity contribution in [3.8, 4) is 0 Å². The number of carbonyl (C=O) groups excluding carboxylic acids is 1. The third-order valence-corrected chi connectivity index (χ3v) is 2.37. The molecule has 0 aliphatic carbocycles. The molecular weight excluding hydrogens is 204 g/mol. The van der Waals surface area contributed by atoms with Gasteiger partial charge in [0.2, 0.25) is 5.91 Å². The lowest BCUT2D eigenvalue weighted by atomic mass is 10.1. The summed E-state index contributed by atoms with van der Waals surface area (Å²) in [4.78, 5) is 10.3. The van der Waals surface area contributed by atoms with Gasteiger partial charge in [-0.15, -0.1) is 0 Å². The number of hydrogen-bond acceptors (Lipinski definition) is 3. The van der Waals surface area contributed by atoms with Crippen LogP contribution >= 0.6 is 0 Å². The van der Waals surface area contributed by atoms with Crippen LogP contribution in [0.25, 0.3) is 0 Å². The molecule has 4 heteroatoms. The molecule has 0 atom stereocenters. The molecule has 1 aliphatic heterocycles. The van der Waals surface area contributed by atoms with E-state index in [-0.39, 0.29) is 5.91 Å². The molecule has 0 spiro atoms. The normalized spacial score (nSPS) is 15.1. The van der Waals surface area contributed by atoms with Crippen molar-refractivity contribution in [1.29, 1.82) is 0 Å². The lowest BCUT2D eigenvalue weighted by Crippen LogP contribution is -2.30. The second kappa shape index (κ2) is 12.5. The van der Waals surface area contributed by atoms with Crippen molar-refractivity contribution < 1.29 is 9.53 Å². The van der Waals surface area contributed by atoms with Crippen molar-refractivity contribution >= 4 is 5.91 Å². The molecule has 0 bridgehead atoms. The molecule has 1 rings (SSSR count). The first-order valence-electron chi connectivity index (χ1n) is 6.34. The van der Waals surface area contributed by atoms with Crippen LogP contribution in [0, 0.1) is 0 Å². The van der Waals surface area contributed by atoms with E-state index in [1.165, 1.54) is 19.3 Å². The fraction of sp³-hybridized carbons (Fsp3) is 0.917. The summed E-state index contributed by atoms with van der Waals surface area (Å²) in [6, 6.07) is 0. The summed E-state index contributed by atoms with van der Waals surface area (Å²) in [5.74, 6) is -0.170. The minimum Gasteiger partial charge on any atom is -0.379 e. The highest BCUT2D eigenvalue weighted by Gasteiger charge is 1.93. The molecule has 0 aromatic heterocycles. The Bertz CT molecular complexity index is 148. The number of amides is 1. The summed E-state index contributed by atoms with van der Waals surface area (Å²) in [7, 11) is 0. The molecule has 0 saturated carbocycles. The molecule has 1 amide bonds. The summed E-state index contributed by atoms with van der Waals surface area (Å²) < 4.78 is 5.01. The van der Waals surface area contributed by atoms with E-state index in [1.54, 1.807) is 0 Å². The maximum atomic E-state index is 10.3. The number of primary amides is 1. The van der Waals surface area contributed by atoms with E-state index in [9.17, 15) is 4.79 Å². The van der Waals surface area contributed by atoms with Crippen molar-refractivity contribution in [3.63, 3.8) is 0 Å². The van der Waals surface area contributed by atoms with Crippen molar-refractivity contribution in [1.82, 2.24) is 5.32 Å². The Kier molecular flexibility index (Phi) is 12.0. The maximum Gasteiger partial charge on any atom is 0.217 e. The van der Waals surface area contributed by atoms with Crippen molar-refractivity contribution in [3.05, 3.63) is 0 Å². The second-order valence-corrected chi connectivity index (χ2v) is 3.99. The standard InChI is InChI=1S/C8H17NO.C4H9NO/c1-2-3-4-5-6-7-8(9)10;1-3-6-4-2-5-1/h2-7H2,1H3,(H2,9,10);5H,1-4H2. The number of rotatable bonds is 6. The van der Waals surface area contributed by atoms with E-state index < -0.39 is 0 Å². The highest BCUT2D eigenvalue weighted by molar-refractivity contribution is 5.73. The van der Waals surface area contributed by atoms with Crippen LogP contribution in [0.15, 0.2) is 0 Å². The van der Waals surface area contributed by atoms with Gasteiger partial charge >= 0.3 is 0 Å². The van der Waals surface area contributed by atoms with E-state index in [0.29, 0.717) is 6.42 Å². The maximum absolute atomic E-state index is 10.3. The number of hydrogen-bond donors (Lipinski definition) is 2. The zero-order chi connectivity index (χ0) is 12.1. The number of unbranched alkanes of at least 4 members (excludes halogenated alkanes) is 4. The van der Waals surface area contributed by atoms with E-state index in [0.717, 1.165) is 39.1 Å². The summed E-state index contributed by atoms with van der Waals surface area (Å²) >= 11 is 0. The lowest BCUT2D eigenvalue weighted by Gasteiger charge is -2.10.